The van der Waals surface area contributed by atoms with E-state index in [0.717, 1.165) is 53.0 Å². The van der Waals surface area contributed by atoms with Crippen molar-refractivity contribution in [3.8, 4) is 11.3 Å². The zero-order valence-corrected chi connectivity index (χ0v) is 19.5. The van der Waals surface area contributed by atoms with Gasteiger partial charge >= 0.3 is 0 Å². The maximum Gasteiger partial charge on any atom is 0.180 e. The highest BCUT2D eigenvalue weighted by Crippen LogP contribution is 2.44. The number of hydrogen-bond donors (Lipinski definition) is 3. The summed E-state index contributed by atoms with van der Waals surface area (Å²) in [5.41, 5.74) is 10.7. The van der Waals surface area contributed by atoms with Crippen LogP contribution in [0.4, 0.5) is 10.2 Å². The van der Waals surface area contributed by atoms with E-state index >= 15 is 0 Å². The molecule has 0 bridgehead atoms. The molecule has 1 aliphatic heterocycles. The number of nitrogens with two attached hydrogens (primary N) is 1. The predicted octanol–water partition coefficient (Wildman–Crippen LogP) is 3.56. The lowest BCUT2D eigenvalue weighted by molar-refractivity contribution is -0.0398. The van der Waals surface area contributed by atoms with Gasteiger partial charge in [0.2, 0.25) is 0 Å². The van der Waals surface area contributed by atoms with Crippen LogP contribution in [0.2, 0.25) is 0 Å². The fourth-order valence-electron chi connectivity index (χ4n) is 4.89. The monoisotopic (exact) mass is 461 g/mol. The van der Waals surface area contributed by atoms with E-state index in [-0.39, 0.29) is 11.7 Å². The Labute approximate surface area is 197 Å². The third kappa shape index (κ3) is 3.71. The van der Waals surface area contributed by atoms with Crippen molar-refractivity contribution >= 4 is 17.5 Å². The van der Waals surface area contributed by atoms with Gasteiger partial charge in [-0.3, -0.25) is 4.68 Å². The van der Waals surface area contributed by atoms with E-state index in [1.54, 1.807) is 27.6 Å². The molecule has 2 aliphatic rings. The van der Waals surface area contributed by atoms with E-state index in [1.165, 1.54) is 12.1 Å². The molecule has 0 unspecified atom stereocenters. The molecule has 5 rings (SSSR count). The topological polar surface area (TPSA) is 106 Å². The van der Waals surface area contributed by atoms with Gasteiger partial charge in [-0.2, -0.15) is 10.2 Å². The first-order valence-electron chi connectivity index (χ1n) is 11.4. The molecule has 0 atom stereocenters. The van der Waals surface area contributed by atoms with E-state index in [0.29, 0.717) is 18.1 Å². The number of halogens is 1. The molecule has 34 heavy (non-hydrogen) atoms. The molecular formula is C25H28FN7O. The third-order valence-corrected chi connectivity index (χ3v) is 6.60. The van der Waals surface area contributed by atoms with E-state index in [1.807, 2.05) is 33.2 Å². The molecule has 3 heterocycles. The zero-order valence-electron chi connectivity index (χ0n) is 19.5. The van der Waals surface area contributed by atoms with Crippen molar-refractivity contribution in [1.29, 1.82) is 0 Å². The first-order chi connectivity index (χ1) is 16.3. The normalized spacial score (nSPS) is 18.3. The Hall–Kier alpha value is -3.72. The molecule has 1 aliphatic carbocycles. The average Bonchev–Trinajstić information content (AvgIpc) is 3.24. The quantitative estimate of drug-likeness (QED) is 0.553. The van der Waals surface area contributed by atoms with E-state index in [4.69, 9.17) is 5.73 Å². The van der Waals surface area contributed by atoms with Gasteiger partial charge in [-0.25, -0.2) is 14.1 Å². The van der Waals surface area contributed by atoms with Crippen LogP contribution < -0.4 is 11.1 Å². The smallest absolute Gasteiger partial charge is 0.180 e. The number of nitrogens with zero attached hydrogens (tertiary/aromatic N) is 5. The minimum Gasteiger partial charge on any atom is -0.385 e. The predicted molar refractivity (Wildman–Crippen MR) is 130 cm³/mol. The molecule has 0 radical (unpaired) electrons. The molecule has 2 aromatic heterocycles. The van der Waals surface area contributed by atoms with Gasteiger partial charge in [0.15, 0.2) is 5.82 Å². The molecule has 0 spiro atoms. The summed E-state index contributed by atoms with van der Waals surface area (Å²) in [5.74, 6) is 1.12. The van der Waals surface area contributed by atoms with Crippen LogP contribution in [-0.2, 0) is 19.1 Å². The lowest BCUT2D eigenvalue weighted by Crippen LogP contribution is -2.34. The van der Waals surface area contributed by atoms with Crippen molar-refractivity contribution in [1.82, 2.24) is 24.9 Å². The standard InChI is InChI=1S/C25H28FN7O/c1-15-22(25(34)11-5-12-25)16(2)33(30-15)21-14-20(27)29-24-19(6-4-13-28-21)23(32(3)31-24)17-7-9-18(26)10-8-17/h4,7-10,13-14,28,34H,5-6,11-12H2,1-3H3,(H2,27,29,31)/b13-4+,21-14?. The number of fused-ring (bicyclic) bond motifs is 1. The summed E-state index contributed by atoms with van der Waals surface area (Å²) in [4.78, 5) is 4.58. The number of allylic oxidation sites excluding steroid dienone is 1. The van der Waals surface area contributed by atoms with Gasteiger partial charge in [0.25, 0.3) is 0 Å². The number of hydrogen-bond acceptors (Lipinski definition) is 6. The van der Waals surface area contributed by atoms with Gasteiger partial charge in [-0.15, -0.1) is 0 Å². The summed E-state index contributed by atoms with van der Waals surface area (Å²) in [5, 5.41) is 23.5. The molecule has 1 aromatic carbocycles. The molecule has 0 amide bonds. The molecule has 8 nitrogen and oxygen atoms in total. The minimum atomic E-state index is -0.807. The lowest BCUT2D eigenvalue weighted by Gasteiger charge is -2.37. The summed E-state index contributed by atoms with van der Waals surface area (Å²) in [6.07, 6.45) is 8.57. The largest absolute Gasteiger partial charge is 0.385 e. The highest BCUT2D eigenvalue weighted by Gasteiger charge is 2.40. The Bertz CT molecular complexity index is 1340. The second kappa shape index (κ2) is 8.25. The van der Waals surface area contributed by atoms with Crippen molar-refractivity contribution in [3.05, 3.63) is 70.9 Å². The van der Waals surface area contributed by atoms with Crippen molar-refractivity contribution in [3.63, 3.8) is 0 Å². The highest BCUT2D eigenvalue weighted by atomic mass is 19.1. The van der Waals surface area contributed by atoms with Gasteiger partial charge < -0.3 is 16.2 Å². The Morgan fingerprint density at radius 3 is 2.56 bits per heavy atom. The second-order valence-electron chi connectivity index (χ2n) is 8.94. The number of rotatable bonds is 3. The maximum atomic E-state index is 13.4. The van der Waals surface area contributed by atoms with Crippen LogP contribution >= 0.6 is 0 Å². The Morgan fingerprint density at radius 1 is 1.15 bits per heavy atom. The number of benzene rings is 1. The van der Waals surface area contributed by atoms with Gasteiger partial charge in [0.05, 0.1) is 17.0 Å². The van der Waals surface area contributed by atoms with Crippen LogP contribution in [0.5, 0.6) is 0 Å². The summed E-state index contributed by atoms with van der Waals surface area (Å²) in [6, 6.07) is 6.33. The van der Waals surface area contributed by atoms with Crippen molar-refractivity contribution in [2.45, 2.75) is 45.1 Å². The third-order valence-electron chi connectivity index (χ3n) is 6.60. The fourth-order valence-corrected chi connectivity index (χ4v) is 4.89. The number of aromatic nitrogens is 4. The molecular weight excluding hydrogens is 433 g/mol. The second-order valence-corrected chi connectivity index (χ2v) is 8.94. The first kappa shape index (κ1) is 22.1. The Kier molecular flexibility index (Phi) is 5.36. The van der Waals surface area contributed by atoms with Crippen molar-refractivity contribution in [2.24, 2.45) is 17.8 Å². The van der Waals surface area contributed by atoms with E-state index in [9.17, 15) is 9.50 Å². The number of aliphatic imine (C=N–C) groups is 1. The molecule has 1 saturated carbocycles. The van der Waals surface area contributed by atoms with Crippen LogP contribution in [0.1, 0.15) is 41.8 Å². The SMILES string of the molecule is Cc1nn(C2=CC(N)=Nc3nn(C)c(-c4ccc(F)cc4)c3C/C=C/N2)c(C)c1C1(O)CCC1. The lowest BCUT2D eigenvalue weighted by atomic mass is 9.74. The molecule has 9 heteroatoms. The number of nitrogens with one attached hydrogen (secondary N) is 1. The van der Waals surface area contributed by atoms with Crippen LogP contribution in [0.25, 0.3) is 17.1 Å². The summed E-state index contributed by atoms with van der Waals surface area (Å²) in [7, 11) is 1.84. The van der Waals surface area contributed by atoms with Gasteiger partial charge in [-0.05, 0) is 70.0 Å². The zero-order chi connectivity index (χ0) is 24.0. The Morgan fingerprint density at radius 2 is 1.88 bits per heavy atom. The fraction of sp³-hybridized carbons (Fsp3) is 0.320. The van der Waals surface area contributed by atoms with Crippen LogP contribution in [0, 0.1) is 19.7 Å². The molecule has 1 fully saturated rings. The summed E-state index contributed by atoms with van der Waals surface area (Å²) in [6.45, 7) is 3.87. The molecule has 4 N–H and O–H groups in total. The van der Waals surface area contributed by atoms with E-state index < -0.39 is 5.60 Å². The number of amidine groups is 1. The van der Waals surface area contributed by atoms with Gasteiger partial charge in [0, 0.05) is 35.5 Å². The first-order valence-corrected chi connectivity index (χ1v) is 11.4. The van der Waals surface area contributed by atoms with Crippen LogP contribution in [-0.4, -0.2) is 30.5 Å². The van der Waals surface area contributed by atoms with Crippen LogP contribution in [0.3, 0.4) is 0 Å². The van der Waals surface area contributed by atoms with Crippen molar-refractivity contribution in [2.75, 3.05) is 0 Å². The minimum absolute atomic E-state index is 0.263. The molecule has 3 aromatic rings. The van der Waals surface area contributed by atoms with Gasteiger partial charge in [-0.1, -0.05) is 6.08 Å². The molecule has 0 saturated heterocycles. The average molecular weight is 462 g/mol. The van der Waals surface area contributed by atoms with Crippen molar-refractivity contribution < 1.29 is 9.50 Å². The number of aliphatic hydroxyl groups is 1. The van der Waals surface area contributed by atoms with Gasteiger partial charge in [0.1, 0.15) is 17.5 Å². The Balaban J connectivity index is 1.57. The number of aryl methyl sites for hydroxylation is 2. The molecule has 176 valence electrons. The summed E-state index contributed by atoms with van der Waals surface area (Å²) < 4.78 is 17.0. The highest BCUT2D eigenvalue weighted by molar-refractivity contribution is 5.97. The summed E-state index contributed by atoms with van der Waals surface area (Å²) >= 11 is 0. The maximum absolute atomic E-state index is 13.4. The van der Waals surface area contributed by atoms with E-state index in [2.05, 4.69) is 20.5 Å². The van der Waals surface area contributed by atoms with Crippen LogP contribution in [0.15, 0.2) is 47.6 Å².